The predicted molar refractivity (Wildman–Crippen MR) is 87.3 cm³/mol. The molecule has 0 aromatic carbocycles. The van der Waals surface area contributed by atoms with Crippen LogP contribution in [0.2, 0.25) is 0 Å². The summed E-state index contributed by atoms with van der Waals surface area (Å²) in [6, 6.07) is 0. The second-order valence-electron chi connectivity index (χ2n) is 6.00. The highest BCUT2D eigenvalue weighted by Gasteiger charge is 2.35. The Morgan fingerprint density at radius 1 is 0.950 bits per heavy atom. The van der Waals surface area contributed by atoms with Crippen LogP contribution in [-0.4, -0.2) is 17.7 Å². The van der Waals surface area contributed by atoms with Crippen LogP contribution in [0.15, 0.2) is 0 Å². The van der Waals surface area contributed by atoms with E-state index in [1.54, 1.807) is 0 Å². The van der Waals surface area contributed by atoms with Gasteiger partial charge >= 0.3 is 7.60 Å². The molecule has 0 radical (unpaired) electrons. The Morgan fingerprint density at radius 3 is 2.05 bits per heavy atom. The van der Waals surface area contributed by atoms with Gasteiger partial charge in [-0.25, -0.2) is 0 Å². The lowest BCUT2D eigenvalue weighted by Gasteiger charge is -2.33. The van der Waals surface area contributed by atoms with Gasteiger partial charge in [0.25, 0.3) is 0 Å². The summed E-state index contributed by atoms with van der Waals surface area (Å²) in [5.41, 5.74) is -0.0241. The van der Waals surface area contributed by atoms with Gasteiger partial charge in [0.2, 0.25) is 0 Å². The number of unbranched alkanes of at least 4 members (excludes halogenated alkanes) is 4. The lowest BCUT2D eigenvalue weighted by molar-refractivity contribution is 0.212. The zero-order valence-electron chi connectivity index (χ0n) is 14.0. The minimum Gasteiger partial charge on any atom is -0.324 e. The minimum atomic E-state index is -3.44. The topological polar surface area (TPSA) is 46.5 Å². The fourth-order valence-electron chi connectivity index (χ4n) is 2.66. The summed E-state index contributed by atoms with van der Waals surface area (Å²) in [5.74, 6) is 0. The molecule has 0 fully saturated rings. The number of hydrogen-bond donors (Lipinski definition) is 1. The minimum absolute atomic E-state index is 0.0241. The van der Waals surface area contributed by atoms with E-state index in [4.69, 9.17) is 4.52 Å². The first-order valence-corrected chi connectivity index (χ1v) is 10.2. The molecule has 1 unspecified atom stereocenters. The molecule has 3 nitrogen and oxygen atoms in total. The molecule has 0 aromatic heterocycles. The van der Waals surface area contributed by atoms with Crippen LogP contribution in [0.3, 0.4) is 0 Å². The molecule has 1 N–H and O–H groups in total. The molecule has 1 atom stereocenters. The van der Waals surface area contributed by atoms with Gasteiger partial charge in [-0.3, -0.25) is 4.57 Å². The maximum absolute atomic E-state index is 12.3. The predicted octanol–water partition coefficient (Wildman–Crippen LogP) is 5.77. The van der Waals surface area contributed by atoms with Crippen LogP contribution in [0.1, 0.15) is 85.5 Å². The molecule has 122 valence electrons. The van der Waals surface area contributed by atoms with Crippen molar-refractivity contribution in [2.45, 2.75) is 85.5 Å². The van der Waals surface area contributed by atoms with Crippen LogP contribution >= 0.6 is 7.60 Å². The summed E-state index contributed by atoms with van der Waals surface area (Å²) in [7, 11) is -3.44. The van der Waals surface area contributed by atoms with Gasteiger partial charge in [-0.05, 0) is 31.1 Å². The van der Waals surface area contributed by atoms with Crippen molar-refractivity contribution in [2.75, 3.05) is 12.8 Å². The average Bonchev–Trinajstić information content (AvgIpc) is 2.43. The Hall–Kier alpha value is 0.150. The summed E-state index contributed by atoms with van der Waals surface area (Å²) in [6.45, 7) is 8.99. The van der Waals surface area contributed by atoms with Gasteiger partial charge in [0, 0.05) is 0 Å². The monoisotopic (exact) mass is 306 g/mol. The molecule has 0 amide bonds. The van der Waals surface area contributed by atoms with Crippen molar-refractivity contribution in [3.63, 3.8) is 0 Å². The standard InChI is InChI=1S/C16H35O3P/c1-5-9-11-12-14-19-20(17,18)15-16(7-3,8-4)13-10-6-2/h5-15H2,1-4H3,(H,17,18). The van der Waals surface area contributed by atoms with Crippen LogP contribution in [0, 0.1) is 5.41 Å². The third kappa shape index (κ3) is 8.44. The summed E-state index contributed by atoms with van der Waals surface area (Å²) < 4.78 is 17.6. The molecule has 0 aliphatic carbocycles. The van der Waals surface area contributed by atoms with Gasteiger partial charge in [-0.15, -0.1) is 0 Å². The maximum atomic E-state index is 12.3. The largest absolute Gasteiger partial charge is 0.328 e. The Balaban J connectivity index is 4.32. The SMILES string of the molecule is CCCCCCOP(=O)(O)CC(CC)(CC)CCCC. The highest BCUT2D eigenvalue weighted by atomic mass is 31.2. The van der Waals surface area contributed by atoms with E-state index in [2.05, 4.69) is 27.7 Å². The van der Waals surface area contributed by atoms with Crippen molar-refractivity contribution in [2.24, 2.45) is 5.41 Å². The van der Waals surface area contributed by atoms with E-state index in [0.717, 1.165) is 44.9 Å². The molecule has 0 saturated heterocycles. The van der Waals surface area contributed by atoms with Crippen molar-refractivity contribution in [1.82, 2.24) is 0 Å². The number of hydrogen-bond acceptors (Lipinski definition) is 2. The normalized spacial score (nSPS) is 15.2. The molecule has 0 spiro atoms. The molecule has 0 saturated carbocycles. The second kappa shape index (κ2) is 10.8. The Kier molecular flexibility index (Phi) is 10.9. The first-order valence-electron chi connectivity index (χ1n) is 8.41. The lowest BCUT2D eigenvalue weighted by atomic mass is 9.80. The van der Waals surface area contributed by atoms with E-state index in [9.17, 15) is 9.46 Å². The second-order valence-corrected chi connectivity index (χ2v) is 7.85. The Bertz CT molecular complexity index is 275. The van der Waals surface area contributed by atoms with E-state index in [0.29, 0.717) is 12.8 Å². The zero-order valence-corrected chi connectivity index (χ0v) is 14.9. The van der Waals surface area contributed by atoms with E-state index >= 15 is 0 Å². The third-order valence-corrected chi connectivity index (χ3v) is 6.04. The first kappa shape index (κ1) is 20.1. The van der Waals surface area contributed by atoms with Crippen molar-refractivity contribution in [3.05, 3.63) is 0 Å². The molecule has 0 bridgehead atoms. The van der Waals surface area contributed by atoms with E-state index in [1.165, 1.54) is 12.8 Å². The van der Waals surface area contributed by atoms with Gasteiger partial charge in [0.15, 0.2) is 0 Å². The van der Waals surface area contributed by atoms with Crippen molar-refractivity contribution < 1.29 is 14.0 Å². The fourth-order valence-corrected chi connectivity index (χ4v) is 4.62. The van der Waals surface area contributed by atoms with Gasteiger partial charge < -0.3 is 9.42 Å². The first-order chi connectivity index (χ1) is 9.45. The Morgan fingerprint density at radius 2 is 1.55 bits per heavy atom. The Labute approximate surface area is 126 Å². The third-order valence-electron chi connectivity index (χ3n) is 4.39. The van der Waals surface area contributed by atoms with Crippen molar-refractivity contribution in [3.8, 4) is 0 Å². The number of rotatable bonds is 13. The summed E-state index contributed by atoms with van der Waals surface area (Å²) in [5, 5.41) is 0. The molecule has 4 heteroatoms. The summed E-state index contributed by atoms with van der Waals surface area (Å²) in [4.78, 5) is 10.1. The molecule has 20 heavy (non-hydrogen) atoms. The molecule has 0 aliphatic heterocycles. The molecule has 0 heterocycles. The van der Waals surface area contributed by atoms with Crippen LogP contribution in [0.5, 0.6) is 0 Å². The van der Waals surface area contributed by atoms with Gasteiger partial charge in [-0.1, -0.05) is 59.8 Å². The zero-order chi connectivity index (χ0) is 15.5. The maximum Gasteiger partial charge on any atom is 0.328 e. The van der Waals surface area contributed by atoms with Crippen LogP contribution in [-0.2, 0) is 9.09 Å². The smallest absolute Gasteiger partial charge is 0.324 e. The summed E-state index contributed by atoms with van der Waals surface area (Å²) >= 11 is 0. The van der Waals surface area contributed by atoms with Gasteiger partial charge in [0.05, 0.1) is 12.8 Å². The molecular weight excluding hydrogens is 271 g/mol. The van der Waals surface area contributed by atoms with Gasteiger partial charge in [-0.2, -0.15) is 0 Å². The molecule has 0 aromatic rings. The average molecular weight is 306 g/mol. The van der Waals surface area contributed by atoms with Gasteiger partial charge in [0.1, 0.15) is 0 Å². The molecule has 0 aliphatic rings. The lowest BCUT2D eigenvalue weighted by Crippen LogP contribution is -2.24. The van der Waals surface area contributed by atoms with E-state index < -0.39 is 7.60 Å². The molecular formula is C16H35O3P. The highest BCUT2D eigenvalue weighted by molar-refractivity contribution is 7.52. The summed E-state index contributed by atoms with van der Waals surface area (Å²) in [6.07, 6.45) is 9.82. The quantitative estimate of drug-likeness (QED) is 0.347. The van der Waals surface area contributed by atoms with Crippen LogP contribution in [0.4, 0.5) is 0 Å². The highest BCUT2D eigenvalue weighted by Crippen LogP contribution is 2.51. The van der Waals surface area contributed by atoms with E-state index in [-0.39, 0.29) is 5.41 Å². The molecule has 0 rings (SSSR count). The van der Waals surface area contributed by atoms with Crippen LogP contribution < -0.4 is 0 Å². The van der Waals surface area contributed by atoms with Crippen molar-refractivity contribution >= 4 is 7.60 Å². The van der Waals surface area contributed by atoms with E-state index in [1.807, 2.05) is 0 Å². The fraction of sp³-hybridized carbons (Fsp3) is 1.00. The van der Waals surface area contributed by atoms with Crippen molar-refractivity contribution in [1.29, 1.82) is 0 Å². The van der Waals surface area contributed by atoms with Crippen LogP contribution in [0.25, 0.3) is 0 Å².